The zero-order chi connectivity index (χ0) is 35.3. The monoisotopic (exact) mass is 672 g/mol. The number of rotatable bonds is 3. The second-order valence-corrected chi connectivity index (χ2v) is 15.3. The first-order valence-electron chi connectivity index (χ1n) is 18.7. The number of hydrogen-bond acceptors (Lipinski definition) is 0. The third-order valence-corrected chi connectivity index (χ3v) is 12.0. The Kier molecular flexibility index (Phi) is 6.40. The molecule has 0 heteroatoms. The molecule has 0 fully saturated rings. The molecule has 10 aromatic rings. The summed E-state index contributed by atoms with van der Waals surface area (Å²) in [5, 5.41) is 12.9. The summed E-state index contributed by atoms with van der Waals surface area (Å²) in [4.78, 5) is 0. The maximum absolute atomic E-state index is 2.44. The predicted octanol–water partition coefficient (Wildman–Crippen LogP) is 14.8. The standard InChI is InChI=1S/C53H36/c1-53(2)50-31-38(24-26-46(50)47-27-25-40(32-51(47)53)43-17-9-12-33-10-3-5-13-42(33)43)36-19-20-37-29-39(22-21-35(37)28-36)49-30-41-23-18-34-11-4-6-14-44(34)52(41)48-16-8-7-15-45(48)49/h3-32H,1-2H3. The fourth-order valence-electron chi connectivity index (χ4n) is 9.27. The molecule has 10 aromatic carbocycles. The van der Waals surface area contributed by atoms with Gasteiger partial charge in [-0.25, -0.2) is 0 Å². The third kappa shape index (κ3) is 4.55. The van der Waals surface area contributed by atoms with Gasteiger partial charge in [0, 0.05) is 5.41 Å². The molecule has 0 aromatic heterocycles. The first kappa shape index (κ1) is 30.2. The largest absolute Gasteiger partial charge is 0.0616 e. The molecule has 0 aliphatic heterocycles. The van der Waals surface area contributed by atoms with Crippen LogP contribution < -0.4 is 0 Å². The second kappa shape index (κ2) is 11.2. The molecule has 0 heterocycles. The Balaban J connectivity index is 0.968. The summed E-state index contributed by atoms with van der Waals surface area (Å²) in [6.45, 7) is 4.77. The van der Waals surface area contributed by atoms with Crippen molar-refractivity contribution in [2.75, 3.05) is 0 Å². The van der Waals surface area contributed by atoms with Gasteiger partial charge < -0.3 is 0 Å². The van der Waals surface area contributed by atoms with Crippen LogP contribution in [0.4, 0.5) is 0 Å². The Labute approximate surface area is 309 Å². The highest BCUT2D eigenvalue weighted by atomic mass is 14.4. The summed E-state index contributed by atoms with van der Waals surface area (Å²) < 4.78 is 0. The van der Waals surface area contributed by atoms with E-state index in [9.17, 15) is 0 Å². The third-order valence-electron chi connectivity index (χ3n) is 12.0. The summed E-state index contributed by atoms with van der Waals surface area (Å²) in [6.07, 6.45) is 0. The van der Waals surface area contributed by atoms with Crippen LogP contribution in [0.5, 0.6) is 0 Å². The maximum atomic E-state index is 2.44. The molecule has 248 valence electrons. The fraction of sp³-hybridized carbons (Fsp3) is 0.0566. The zero-order valence-electron chi connectivity index (χ0n) is 29.8. The van der Waals surface area contributed by atoms with Crippen LogP contribution in [0.2, 0.25) is 0 Å². The molecule has 53 heavy (non-hydrogen) atoms. The number of benzene rings is 10. The van der Waals surface area contributed by atoms with E-state index in [-0.39, 0.29) is 5.41 Å². The molecule has 1 aliphatic rings. The summed E-state index contributed by atoms with van der Waals surface area (Å²) in [6, 6.07) is 68.0. The molecular formula is C53H36. The topological polar surface area (TPSA) is 0 Å². The molecule has 11 rings (SSSR count). The van der Waals surface area contributed by atoms with E-state index < -0.39 is 0 Å². The lowest BCUT2D eigenvalue weighted by Crippen LogP contribution is -2.15. The van der Waals surface area contributed by atoms with Crippen molar-refractivity contribution in [2.45, 2.75) is 19.3 Å². The van der Waals surface area contributed by atoms with Crippen LogP contribution in [0, 0.1) is 0 Å². The predicted molar refractivity (Wildman–Crippen MR) is 228 cm³/mol. The molecule has 0 radical (unpaired) electrons. The van der Waals surface area contributed by atoms with Crippen LogP contribution in [-0.4, -0.2) is 0 Å². The quantitative estimate of drug-likeness (QED) is 0.164. The minimum absolute atomic E-state index is 0.109. The Morgan fingerprint density at radius 1 is 0.283 bits per heavy atom. The molecule has 0 saturated carbocycles. The van der Waals surface area contributed by atoms with Crippen molar-refractivity contribution in [3.05, 3.63) is 193 Å². The number of hydrogen-bond donors (Lipinski definition) is 0. The Bertz CT molecular complexity index is 3130. The molecule has 0 N–H and O–H groups in total. The van der Waals surface area contributed by atoms with E-state index in [2.05, 4.69) is 196 Å². The average Bonchev–Trinajstić information content (AvgIpc) is 3.44. The molecule has 0 amide bonds. The van der Waals surface area contributed by atoms with E-state index in [1.807, 2.05) is 0 Å². The van der Waals surface area contributed by atoms with Gasteiger partial charge in [0.2, 0.25) is 0 Å². The minimum Gasteiger partial charge on any atom is -0.0616 e. The van der Waals surface area contributed by atoms with Gasteiger partial charge >= 0.3 is 0 Å². The van der Waals surface area contributed by atoms with Crippen LogP contribution >= 0.6 is 0 Å². The Morgan fingerprint density at radius 2 is 0.774 bits per heavy atom. The SMILES string of the molecule is CC1(C)c2cc(-c3ccc4cc(-c5cc6ccc7ccccc7c6c6ccccc56)ccc4c3)ccc2-c2ccc(-c3cccc4ccccc34)cc21. The van der Waals surface area contributed by atoms with Gasteiger partial charge in [-0.05, 0) is 140 Å². The summed E-state index contributed by atoms with van der Waals surface area (Å²) in [5.41, 5.74) is 13.0. The lowest BCUT2D eigenvalue weighted by Gasteiger charge is -2.23. The van der Waals surface area contributed by atoms with E-state index >= 15 is 0 Å². The van der Waals surface area contributed by atoms with Crippen LogP contribution in [0.1, 0.15) is 25.0 Å². The van der Waals surface area contributed by atoms with Crippen molar-refractivity contribution in [3.63, 3.8) is 0 Å². The van der Waals surface area contributed by atoms with E-state index in [0.29, 0.717) is 0 Å². The Morgan fingerprint density at radius 3 is 1.55 bits per heavy atom. The minimum atomic E-state index is -0.109. The van der Waals surface area contributed by atoms with Crippen LogP contribution in [-0.2, 0) is 5.41 Å². The van der Waals surface area contributed by atoms with E-state index in [4.69, 9.17) is 0 Å². The molecule has 0 spiro atoms. The van der Waals surface area contributed by atoms with Gasteiger partial charge in [-0.1, -0.05) is 166 Å². The Hall–Kier alpha value is -6.50. The average molecular weight is 673 g/mol. The van der Waals surface area contributed by atoms with Crippen molar-refractivity contribution < 1.29 is 0 Å². The van der Waals surface area contributed by atoms with Crippen molar-refractivity contribution >= 4 is 53.9 Å². The van der Waals surface area contributed by atoms with Gasteiger partial charge in [-0.15, -0.1) is 0 Å². The van der Waals surface area contributed by atoms with Crippen LogP contribution in [0.25, 0.3) is 98.4 Å². The molecule has 0 unspecified atom stereocenters. The highest BCUT2D eigenvalue weighted by Gasteiger charge is 2.36. The van der Waals surface area contributed by atoms with Crippen molar-refractivity contribution in [1.29, 1.82) is 0 Å². The smallest absolute Gasteiger partial charge is 0.0159 e. The van der Waals surface area contributed by atoms with Gasteiger partial charge in [0.1, 0.15) is 0 Å². The zero-order valence-corrected chi connectivity index (χ0v) is 29.8. The van der Waals surface area contributed by atoms with E-state index in [1.54, 1.807) is 0 Å². The molecule has 1 aliphatic carbocycles. The first-order valence-corrected chi connectivity index (χ1v) is 18.7. The highest BCUT2D eigenvalue weighted by Crippen LogP contribution is 2.51. The first-order chi connectivity index (χ1) is 26.0. The number of fused-ring (bicyclic) bond motifs is 10. The van der Waals surface area contributed by atoms with Crippen LogP contribution in [0.15, 0.2) is 182 Å². The molecule has 0 bridgehead atoms. The van der Waals surface area contributed by atoms with Gasteiger partial charge in [0.25, 0.3) is 0 Å². The molecular weight excluding hydrogens is 637 g/mol. The summed E-state index contributed by atoms with van der Waals surface area (Å²) in [7, 11) is 0. The van der Waals surface area contributed by atoms with Crippen molar-refractivity contribution in [2.24, 2.45) is 0 Å². The van der Waals surface area contributed by atoms with Gasteiger partial charge in [0.05, 0.1) is 0 Å². The molecule has 0 atom stereocenters. The van der Waals surface area contributed by atoms with Crippen molar-refractivity contribution in [3.8, 4) is 44.5 Å². The normalized spacial score (nSPS) is 13.2. The summed E-state index contributed by atoms with van der Waals surface area (Å²) >= 11 is 0. The molecule has 0 saturated heterocycles. The molecule has 0 nitrogen and oxygen atoms in total. The maximum Gasteiger partial charge on any atom is 0.0159 e. The van der Waals surface area contributed by atoms with Crippen LogP contribution in [0.3, 0.4) is 0 Å². The van der Waals surface area contributed by atoms with Crippen molar-refractivity contribution in [1.82, 2.24) is 0 Å². The van der Waals surface area contributed by atoms with Gasteiger partial charge in [-0.3, -0.25) is 0 Å². The van der Waals surface area contributed by atoms with Gasteiger partial charge in [-0.2, -0.15) is 0 Å². The fourth-order valence-corrected chi connectivity index (χ4v) is 9.27. The van der Waals surface area contributed by atoms with E-state index in [1.165, 1.54) is 109 Å². The second-order valence-electron chi connectivity index (χ2n) is 15.3. The summed E-state index contributed by atoms with van der Waals surface area (Å²) in [5.74, 6) is 0. The van der Waals surface area contributed by atoms with Gasteiger partial charge in [0.15, 0.2) is 0 Å². The lowest BCUT2D eigenvalue weighted by molar-refractivity contribution is 0.661. The van der Waals surface area contributed by atoms with E-state index in [0.717, 1.165) is 0 Å². The lowest BCUT2D eigenvalue weighted by atomic mass is 9.80. The highest BCUT2D eigenvalue weighted by molar-refractivity contribution is 6.23.